The number of hydrogen-bond donors (Lipinski definition) is 2. The highest BCUT2D eigenvalue weighted by Gasteiger charge is 2.22. The Hall–Kier alpha value is -2.36. The summed E-state index contributed by atoms with van der Waals surface area (Å²) in [6.07, 6.45) is 3.22. The van der Waals surface area contributed by atoms with E-state index in [9.17, 15) is 4.79 Å². The predicted octanol–water partition coefficient (Wildman–Crippen LogP) is 4.33. The number of aromatic nitrogens is 3. The topological polar surface area (TPSA) is 89.0 Å². The Labute approximate surface area is 171 Å². The lowest BCUT2D eigenvalue weighted by atomic mass is 10.1. The smallest absolute Gasteiger partial charge is 0.232 e. The fourth-order valence-electron chi connectivity index (χ4n) is 2.91. The third-order valence-corrected chi connectivity index (χ3v) is 6.14. The molecule has 1 aromatic carbocycles. The van der Waals surface area contributed by atoms with Crippen molar-refractivity contribution in [2.75, 3.05) is 17.2 Å². The van der Waals surface area contributed by atoms with Gasteiger partial charge in [0.2, 0.25) is 11.0 Å². The van der Waals surface area contributed by atoms with Crippen LogP contribution in [0.25, 0.3) is 0 Å². The van der Waals surface area contributed by atoms with Crippen LogP contribution in [0.2, 0.25) is 0 Å². The van der Waals surface area contributed by atoms with Crippen molar-refractivity contribution in [2.24, 2.45) is 0 Å². The van der Waals surface area contributed by atoms with Crippen LogP contribution in [0, 0.1) is 0 Å². The van der Waals surface area contributed by atoms with E-state index in [-0.39, 0.29) is 18.4 Å². The van der Waals surface area contributed by atoms with E-state index in [1.807, 2.05) is 17.5 Å². The fraction of sp³-hybridized carbons (Fsp3) is 0.368. The van der Waals surface area contributed by atoms with E-state index < -0.39 is 0 Å². The summed E-state index contributed by atoms with van der Waals surface area (Å²) in [7, 11) is 0. The summed E-state index contributed by atoms with van der Waals surface area (Å²) in [5.74, 6) is -0.154. The number of hydrogen-bond acceptors (Lipinski definition) is 8. The number of amides is 1. The number of aryl methyl sites for hydroxylation is 1. The molecule has 4 rings (SSSR count). The van der Waals surface area contributed by atoms with Gasteiger partial charge < -0.3 is 15.4 Å². The second kappa shape index (κ2) is 8.76. The first kappa shape index (κ1) is 19.0. The van der Waals surface area contributed by atoms with Crippen LogP contribution in [0.4, 0.5) is 16.0 Å². The monoisotopic (exact) mass is 415 g/mol. The van der Waals surface area contributed by atoms with E-state index in [0.29, 0.717) is 5.13 Å². The Kier molecular flexibility index (Phi) is 5.94. The lowest BCUT2D eigenvalue weighted by molar-refractivity contribution is -0.115. The van der Waals surface area contributed by atoms with E-state index >= 15 is 0 Å². The normalized spacial score (nSPS) is 16.2. The van der Waals surface area contributed by atoms with Crippen LogP contribution in [0.15, 0.2) is 29.6 Å². The number of benzene rings is 1. The van der Waals surface area contributed by atoms with Crippen LogP contribution < -0.4 is 10.6 Å². The maximum Gasteiger partial charge on any atom is 0.232 e. The predicted molar refractivity (Wildman–Crippen MR) is 111 cm³/mol. The molecule has 0 saturated carbocycles. The molecule has 1 aliphatic heterocycles. The third kappa shape index (κ3) is 4.73. The van der Waals surface area contributed by atoms with Crippen LogP contribution in [0.3, 0.4) is 0 Å². The maximum absolute atomic E-state index is 12.3. The molecule has 2 aromatic heterocycles. The third-order valence-electron chi connectivity index (χ3n) is 4.40. The Morgan fingerprint density at radius 1 is 1.25 bits per heavy atom. The minimum absolute atomic E-state index is 0.0155. The maximum atomic E-state index is 12.3. The number of carbonyl (C=O) groups excluding carboxylic acids is 1. The molecule has 2 N–H and O–H groups in total. The molecular formula is C19H21N5O2S2. The number of nitrogens with zero attached hydrogens (tertiary/aromatic N) is 3. The summed E-state index contributed by atoms with van der Waals surface area (Å²) in [5.41, 5.74) is 3.00. The zero-order chi connectivity index (χ0) is 19.3. The summed E-state index contributed by atoms with van der Waals surface area (Å²) in [6, 6.07) is 8.26. The molecule has 1 aliphatic rings. The quantitative estimate of drug-likeness (QED) is 0.597. The number of rotatable bonds is 7. The van der Waals surface area contributed by atoms with Crippen molar-refractivity contribution in [2.45, 2.75) is 38.7 Å². The average molecular weight is 416 g/mol. The molecule has 0 bridgehead atoms. The van der Waals surface area contributed by atoms with Gasteiger partial charge in [-0.05, 0) is 37.0 Å². The molecule has 1 amide bonds. The lowest BCUT2D eigenvalue weighted by Gasteiger charge is -2.03. The number of nitrogens with one attached hydrogen (secondary N) is 2. The van der Waals surface area contributed by atoms with E-state index in [0.717, 1.165) is 47.4 Å². The van der Waals surface area contributed by atoms with Crippen LogP contribution in [0.5, 0.6) is 0 Å². The van der Waals surface area contributed by atoms with Crippen molar-refractivity contribution >= 4 is 44.5 Å². The van der Waals surface area contributed by atoms with Crippen molar-refractivity contribution in [3.8, 4) is 0 Å². The van der Waals surface area contributed by atoms with Gasteiger partial charge in [-0.15, -0.1) is 21.5 Å². The second-order valence-corrected chi connectivity index (χ2v) is 8.36. The summed E-state index contributed by atoms with van der Waals surface area (Å²) >= 11 is 2.85. The largest absolute Gasteiger partial charge is 0.371 e. The van der Waals surface area contributed by atoms with Crippen LogP contribution in [-0.4, -0.2) is 27.7 Å². The zero-order valence-electron chi connectivity index (χ0n) is 15.5. The molecule has 28 heavy (non-hydrogen) atoms. The first-order valence-corrected chi connectivity index (χ1v) is 10.9. The lowest BCUT2D eigenvalue weighted by Crippen LogP contribution is -2.14. The number of anilines is 3. The molecule has 3 aromatic rings. The SMILES string of the molecule is CCc1ccc(Nc2nc(CC(=O)Nc3nnc(C4CCCO4)s3)cs2)cc1. The number of ether oxygens (including phenoxy) is 1. The summed E-state index contributed by atoms with van der Waals surface area (Å²) < 4.78 is 5.60. The molecule has 7 nitrogen and oxygen atoms in total. The molecule has 1 fully saturated rings. The number of carbonyl (C=O) groups is 1. The second-order valence-electron chi connectivity index (χ2n) is 6.49. The highest BCUT2D eigenvalue weighted by atomic mass is 32.1. The zero-order valence-corrected chi connectivity index (χ0v) is 17.1. The van der Waals surface area contributed by atoms with Gasteiger partial charge in [-0.1, -0.05) is 30.4 Å². The minimum Gasteiger partial charge on any atom is -0.371 e. The van der Waals surface area contributed by atoms with Gasteiger partial charge in [0.15, 0.2) is 5.13 Å². The van der Waals surface area contributed by atoms with Crippen LogP contribution >= 0.6 is 22.7 Å². The molecular weight excluding hydrogens is 394 g/mol. The average Bonchev–Trinajstić information content (AvgIpc) is 3.44. The molecule has 1 saturated heterocycles. The minimum atomic E-state index is -0.154. The van der Waals surface area contributed by atoms with Gasteiger partial charge in [0.05, 0.1) is 12.1 Å². The molecule has 0 aliphatic carbocycles. The molecule has 1 unspecified atom stereocenters. The van der Waals surface area contributed by atoms with Crippen LogP contribution in [0.1, 0.15) is 42.1 Å². The van der Waals surface area contributed by atoms with Crippen molar-refractivity contribution in [1.82, 2.24) is 15.2 Å². The van der Waals surface area contributed by atoms with Gasteiger partial charge in [0.1, 0.15) is 11.1 Å². The van der Waals surface area contributed by atoms with Gasteiger partial charge >= 0.3 is 0 Å². The highest BCUT2D eigenvalue weighted by Crippen LogP contribution is 2.32. The first-order valence-electron chi connectivity index (χ1n) is 9.25. The van der Waals surface area contributed by atoms with E-state index in [2.05, 4.69) is 44.9 Å². The Morgan fingerprint density at radius 3 is 2.86 bits per heavy atom. The molecule has 0 spiro atoms. The Morgan fingerprint density at radius 2 is 2.11 bits per heavy atom. The molecule has 146 valence electrons. The first-order chi connectivity index (χ1) is 13.7. The van der Waals surface area contributed by atoms with Gasteiger partial charge in [-0.3, -0.25) is 4.79 Å². The van der Waals surface area contributed by atoms with Gasteiger partial charge in [0.25, 0.3) is 0 Å². The van der Waals surface area contributed by atoms with Gasteiger partial charge in [-0.2, -0.15) is 0 Å². The van der Waals surface area contributed by atoms with Crippen molar-refractivity contribution in [1.29, 1.82) is 0 Å². The fourth-order valence-corrected chi connectivity index (χ4v) is 4.48. The van der Waals surface area contributed by atoms with E-state index in [1.54, 1.807) is 0 Å². The van der Waals surface area contributed by atoms with Crippen molar-refractivity contribution in [3.05, 3.63) is 45.9 Å². The van der Waals surface area contributed by atoms with E-state index in [1.165, 1.54) is 28.2 Å². The highest BCUT2D eigenvalue weighted by molar-refractivity contribution is 7.15. The Balaban J connectivity index is 1.31. The molecule has 1 atom stereocenters. The molecule has 3 heterocycles. The molecule has 0 radical (unpaired) electrons. The molecule has 9 heteroatoms. The Bertz CT molecular complexity index is 932. The number of thiazole rings is 1. The van der Waals surface area contributed by atoms with Crippen molar-refractivity contribution < 1.29 is 9.53 Å². The van der Waals surface area contributed by atoms with Crippen molar-refractivity contribution in [3.63, 3.8) is 0 Å². The van der Waals surface area contributed by atoms with Crippen LogP contribution in [-0.2, 0) is 22.4 Å². The summed E-state index contributed by atoms with van der Waals surface area (Å²) in [4.78, 5) is 16.8. The van der Waals surface area contributed by atoms with Gasteiger partial charge in [-0.25, -0.2) is 4.98 Å². The summed E-state index contributed by atoms with van der Waals surface area (Å²) in [5, 5.41) is 18.2. The standard InChI is InChI=1S/C19H21N5O2S2/c1-2-12-5-7-13(8-6-12)20-18-21-14(11-27-18)10-16(25)22-19-24-23-17(28-19)15-4-3-9-26-15/h5-8,11,15H,2-4,9-10H2,1H3,(H,20,21)(H,22,24,25). The summed E-state index contributed by atoms with van der Waals surface area (Å²) in [6.45, 7) is 2.89. The van der Waals surface area contributed by atoms with E-state index in [4.69, 9.17) is 4.74 Å². The van der Waals surface area contributed by atoms with Gasteiger partial charge in [0, 0.05) is 17.7 Å².